The van der Waals surface area contributed by atoms with Gasteiger partial charge in [0.15, 0.2) is 0 Å². The maximum absolute atomic E-state index is 12.0. The molecule has 5 nitrogen and oxygen atoms in total. The first-order valence-corrected chi connectivity index (χ1v) is 8.73. The summed E-state index contributed by atoms with van der Waals surface area (Å²) in [6.07, 6.45) is 0.689. The fourth-order valence-corrected chi connectivity index (χ4v) is 3.72. The maximum atomic E-state index is 12.0. The summed E-state index contributed by atoms with van der Waals surface area (Å²) in [5, 5.41) is 2.91. The van der Waals surface area contributed by atoms with Crippen molar-refractivity contribution in [2.45, 2.75) is 44.9 Å². The van der Waals surface area contributed by atoms with Crippen molar-refractivity contribution in [2.75, 3.05) is 26.2 Å². The predicted molar refractivity (Wildman–Crippen MR) is 92.7 cm³/mol. The quantitative estimate of drug-likeness (QED) is 0.921. The third-order valence-electron chi connectivity index (χ3n) is 4.75. The number of nitrogens with zero attached hydrogens (tertiary/aromatic N) is 1. The highest BCUT2D eigenvalue weighted by Gasteiger charge is 2.51. The van der Waals surface area contributed by atoms with Crippen LogP contribution in [0, 0.1) is 5.92 Å². The van der Waals surface area contributed by atoms with Gasteiger partial charge in [-0.3, -0.25) is 4.90 Å². The Labute approximate surface area is 144 Å². The van der Waals surface area contributed by atoms with Gasteiger partial charge in [0.25, 0.3) is 0 Å². The van der Waals surface area contributed by atoms with Crippen LogP contribution in [0.15, 0.2) is 30.3 Å². The van der Waals surface area contributed by atoms with E-state index in [0.29, 0.717) is 12.5 Å². The average molecular weight is 332 g/mol. The molecular weight excluding hydrogens is 304 g/mol. The zero-order valence-electron chi connectivity index (χ0n) is 14.9. The SMILES string of the molecule is CC(C)(C)OC(=O)NC[C@@]12CN(Cc3ccccc3)C[C@H]1CCO2. The van der Waals surface area contributed by atoms with E-state index in [1.54, 1.807) is 0 Å². The van der Waals surface area contributed by atoms with Crippen LogP contribution in [0.25, 0.3) is 0 Å². The second-order valence-corrected chi connectivity index (χ2v) is 7.91. The molecule has 0 saturated carbocycles. The second-order valence-electron chi connectivity index (χ2n) is 7.91. The molecule has 132 valence electrons. The number of hydrogen-bond donors (Lipinski definition) is 1. The van der Waals surface area contributed by atoms with Crippen molar-refractivity contribution in [3.63, 3.8) is 0 Å². The standard InChI is InChI=1S/C19H28N2O3/c1-18(2,3)24-17(22)20-13-19-14-21(12-16(19)9-10-23-19)11-15-7-5-4-6-8-15/h4-8,16H,9-14H2,1-3H3,(H,20,22)/t16-,19-/m1/s1. The van der Waals surface area contributed by atoms with Gasteiger partial charge >= 0.3 is 6.09 Å². The molecule has 0 aliphatic carbocycles. The smallest absolute Gasteiger partial charge is 0.407 e. The van der Waals surface area contributed by atoms with Gasteiger partial charge in [-0.05, 0) is 32.8 Å². The topological polar surface area (TPSA) is 50.8 Å². The van der Waals surface area contributed by atoms with Gasteiger partial charge in [-0.25, -0.2) is 4.79 Å². The van der Waals surface area contributed by atoms with Crippen LogP contribution in [0.4, 0.5) is 4.79 Å². The van der Waals surface area contributed by atoms with E-state index in [1.165, 1.54) is 5.56 Å². The molecule has 2 aliphatic heterocycles. The number of alkyl carbamates (subject to hydrolysis) is 1. The summed E-state index contributed by atoms with van der Waals surface area (Å²) in [6, 6.07) is 10.5. The average Bonchev–Trinajstić information content (AvgIpc) is 3.01. The van der Waals surface area contributed by atoms with Crippen LogP contribution >= 0.6 is 0 Å². The molecule has 0 unspecified atom stereocenters. The zero-order valence-corrected chi connectivity index (χ0v) is 14.9. The molecule has 2 fully saturated rings. The number of fused-ring (bicyclic) bond motifs is 1. The number of ether oxygens (including phenoxy) is 2. The number of carbonyl (C=O) groups excluding carboxylic acids is 1. The largest absolute Gasteiger partial charge is 0.444 e. The molecule has 3 rings (SSSR count). The van der Waals surface area contributed by atoms with Gasteiger partial charge in [-0.1, -0.05) is 30.3 Å². The van der Waals surface area contributed by atoms with Gasteiger partial charge in [0.1, 0.15) is 11.2 Å². The van der Waals surface area contributed by atoms with E-state index in [4.69, 9.17) is 9.47 Å². The van der Waals surface area contributed by atoms with Crippen molar-refractivity contribution in [3.8, 4) is 0 Å². The van der Waals surface area contributed by atoms with Gasteiger partial charge in [-0.15, -0.1) is 0 Å². The summed E-state index contributed by atoms with van der Waals surface area (Å²) >= 11 is 0. The lowest BCUT2D eigenvalue weighted by Gasteiger charge is -2.29. The van der Waals surface area contributed by atoms with E-state index in [-0.39, 0.29) is 11.7 Å². The number of carbonyl (C=O) groups is 1. The Kier molecular flexibility index (Phi) is 4.83. The molecule has 2 saturated heterocycles. The van der Waals surface area contributed by atoms with Crippen molar-refractivity contribution in [3.05, 3.63) is 35.9 Å². The molecule has 1 aromatic carbocycles. The molecule has 24 heavy (non-hydrogen) atoms. The molecule has 1 amide bonds. The Hall–Kier alpha value is -1.59. The van der Waals surface area contributed by atoms with Crippen molar-refractivity contribution in [1.29, 1.82) is 0 Å². The fourth-order valence-electron chi connectivity index (χ4n) is 3.72. The molecule has 2 heterocycles. The van der Waals surface area contributed by atoms with Crippen molar-refractivity contribution in [2.24, 2.45) is 5.92 Å². The van der Waals surface area contributed by atoms with E-state index >= 15 is 0 Å². The van der Waals surface area contributed by atoms with Crippen LogP contribution in [0.2, 0.25) is 0 Å². The number of hydrogen-bond acceptors (Lipinski definition) is 4. The molecule has 2 atom stereocenters. The van der Waals surface area contributed by atoms with Crippen LogP contribution in [0.1, 0.15) is 32.8 Å². The molecule has 5 heteroatoms. The molecule has 0 radical (unpaired) electrons. The first kappa shape index (κ1) is 17.2. The van der Waals surface area contributed by atoms with Crippen LogP contribution in [0.3, 0.4) is 0 Å². The normalized spacial score (nSPS) is 27.0. The minimum Gasteiger partial charge on any atom is -0.444 e. The Morgan fingerprint density at radius 3 is 2.83 bits per heavy atom. The summed E-state index contributed by atoms with van der Waals surface area (Å²) in [5.74, 6) is 0.469. The minimum absolute atomic E-state index is 0.272. The van der Waals surface area contributed by atoms with E-state index in [2.05, 4.69) is 34.5 Å². The number of likely N-dealkylation sites (tertiary alicyclic amines) is 1. The fraction of sp³-hybridized carbons (Fsp3) is 0.632. The molecule has 1 N–H and O–H groups in total. The highest BCUT2D eigenvalue weighted by atomic mass is 16.6. The van der Waals surface area contributed by atoms with Crippen molar-refractivity contribution < 1.29 is 14.3 Å². The zero-order chi connectivity index (χ0) is 17.2. The van der Waals surface area contributed by atoms with Gasteiger partial charge in [0.2, 0.25) is 0 Å². The first-order chi connectivity index (χ1) is 11.4. The lowest BCUT2D eigenvalue weighted by atomic mass is 9.91. The van der Waals surface area contributed by atoms with Crippen LogP contribution < -0.4 is 5.32 Å². The minimum atomic E-state index is -0.479. The Morgan fingerprint density at radius 2 is 2.12 bits per heavy atom. The van der Waals surface area contributed by atoms with E-state index < -0.39 is 5.60 Å². The molecule has 0 aromatic heterocycles. The van der Waals surface area contributed by atoms with Crippen molar-refractivity contribution in [1.82, 2.24) is 10.2 Å². The Bertz CT molecular complexity index is 570. The summed E-state index contributed by atoms with van der Waals surface area (Å²) in [4.78, 5) is 14.4. The van der Waals surface area contributed by atoms with Crippen LogP contribution in [0.5, 0.6) is 0 Å². The van der Waals surface area contributed by atoms with Gasteiger partial charge in [0.05, 0.1) is 6.54 Å². The van der Waals surface area contributed by atoms with E-state index in [9.17, 15) is 4.79 Å². The van der Waals surface area contributed by atoms with Gasteiger partial charge in [0, 0.05) is 32.2 Å². The summed E-state index contributed by atoms with van der Waals surface area (Å²) < 4.78 is 11.4. The number of rotatable bonds is 4. The lowest BCUT2D eigenvalue weighted by Crippen LogP contribution is -2.48. The third kappa shape index (κ3) is 4.08. The Morgan fingerprint density at radius 1 is 1.38 bits per heavy atom. The van der Waals surface area contributed by atoms with E-state index in [0.717, 1.165) is 32.7 Å². The molecule has 1 aromatic rings. The Balaban J connectivity index is 1.58. The maximum Gasteiger partial charge on any atom is 0.407 e. The van der Waals surface area contributed by atoms with Gasteiger partial charge < -0.3 is 14.8 Å². The van der Waals surface area contributed by atoms with Crippen molar-refractivity contribution >= 4 is 6.09 Å². The van der Waals surface area contributed by atoms with Gasteiger partial charge in [-0.2, -0.15) is 0 Å². The second kappa shape index (κ2) is 6.73. The highest BCUT2D eigenvalue weighted by Crippen LogP contribution is 2.39. The highest BCUT2D eigenvalue weighted by molar-refractivity contribution is 5.67. The molecule has 0 spiro atoms. The van der Waals surface area contributed by atoms with E-state index in [1.807, 2.05) is 26.8 Å². The first-order valence-electron chi connectivity index (χ1n) is 8.73. The van der Waals surface area contributed by atoms with Crippen LogP contribution in [-0.4, -0.2) is 48.4 Å². The lowest BCUT2D eigenvalue weighted by molar-refractivity contribution is -0.00940. The number of benzene rings is 1. The third-order valence-corrected chi connectivity index (χ3v) is 4.75. The predicted octanol–water partition coefficient (Wildman–Crippen LogP) is 2.80. The molecule has 2 aliphatic rings. The monoisotopic (exact) mass is 332 g/mol. The molecular formula is C19H28N2O3. The number of amides is 1. The number of nitrogens with one attached hydrogen (secondary N) is 1. The summed E-state index contributed by atoms with van der Waals surface area (Å²) in [6.45, 7) is 9.70. The summed E-state index contributed by atoms with van der Waals surface area (Å²) in [7, 11) is 0. The molecule has 0 bridgehead atoms. The summed E-state index contributed by atoms with van der Waals surface area (Å²) in [5.41, 5.74) is 0.561. The van der Waals surface area contributed by atoms with Crippen LogP contribution in [-0.2, 0) is 16.0 Å².